The van der Waals surface area contributed by atoms with Crippen molar-refractivity contribution < 1.29 is 0 Å². The molecule has 2 heterocycles. The molecule has 1 unspecified atom stereocenters. The normalized spacial score (nSPS) is 11.4. The second-order valence-electron chi connectivity index (χ2n) is 3.17. The zero-order chi connectivity index (χ0) is 11.5. The molecule has 0 saturated carbocycles. The van der Waals surface area contributed by atoms with Crippen LogP contribution >= 0.6 is 12.4 Å². The van der Waals surface area contributed by atoms with Crippen molar-refractivity contribution in [3.63, 3.8) is 0 Å². The maximum absolute atomic E-state index is 8.73. The van der Waals surface area contributed by atoms with Gasteiger partial charge in [-0.1, -0.05) is 0 Å². The predicted molar refractivity (Wildman–Crippen MR) is 61.5 cm³/mol. The van der Waals surface area contributed by atoms with E-state index in [0.29, 0.717) is 11.8 Å². The van der Waals surface area contributed by atoms with Gasteiger partial charge in [0.2, 0.25) is 0 Å². The highest BCUT2D eigenvalue weighted by atomic mass is 35.5. The van der Waals surface area contributed by atoms with Gasteiger partial charge >= 0.3 is 0 Å². The highest BCUT2D eigenvalue weighted by Crippen LogP contribution is 2.08. The molecule has 2 N–H and O–H groups in total. The number of hydrogen-bond donors (Lipinski definition) is 1. The van der Waals surface area contributed by atoms with E-state index in [1.807, 2.05) is 6.07 Å². The molecular weight excluding hydrogens is 242 g/mol. The van der Waals surface area contributed by atoms with E-state index < -0.39 is 0 Å². The standard InChI is InChI=1S/C9H9N7.ClH/c1-6(11)8-13-5-14-16(8)9-12-3-2-7(4-10)15-9;/h2-3,5-6H,11H2,1H3;1H. The predicted octanol–water partition coefficient (Wildman–Crippen LogP) is 0.370. The first-order chi connectivity index (χ1) is 7.72. The molecule has 0 amide bonds. The Bertz CT molecular complexity index is 542. The maximum Gasteiger partial charge on any atom is 0.253 e. The smallest absolute Gasteiger partial charge is 0.253 e. The zero-order valence-corrected chi connectivity index (χ0v) is 9.79. The first kappa shape index (κ1) is 13.0. The van der Waals surface area contributed by atoms with Gasteiger partial charge in [-0.2, -0.15) is 15.0 Å². The lowest BCUT2D eigenvalue weighted by Crippen LogP contribution is -2.15. The van der Waals surface area contributed by atoms with Crippen molar-refractivity contribution >= 4 is 12.4 Å². The zero-order valence-electron chi connectivity index (χ0n) is 8.98. The molecule has 0 aromatic carbocycles. The quantitative estimate of drug-likeness (QED) is 0.826. The number of nitriles is 1. The Morgan fingerprint density at radius 3 is 2.88 bits per heavy atom. The monoisotopic (exact) mass is 251 g/mol. The second-order valence-corrected chi connectivity index (χ2v) is 3.17. The molecule has 2 aromatic rings. The molecular formula is C9H10ClN7. The minimum absolute atomic E-state index is 0. The summed E-state index contributed by atoms with van der Waals surface area (Å²) in [6.45, 7) is 1.79. The number of rotatable bonds is 2. The van der Waals surface area contributed by atoms with Crippen LogP contribution < -0.4 is 5.73 Å². The van der Waals surface area contributed by atoms with Crippen LogP contribution in [0.15, 0.2) is 18.6 Å². The van der Waals surface area contributed by atoms with Gasteiger partial charge in [-0.05, 0) is 13.0 Å². The van der Waals surface area contributed by atoms with Crippen molar-refractivity contribution in [1.29, 1.82) is 5.26 Å². The lowest BCUT2D eigenvalue weighted by molar-refractivity contribution is 0.668. The van der Waals surface area contributed by atoms with Crippen molar-refractivity contribution in [2.24, 2.45) is 5.73 Å². The lowest BCUT2D eigenvalue weighted by Gasteiger charge is -2.06. The van der Waals surface area contributed by atoms with Gasteiger partial charge in [0.15, 0.2) is 5.82 Å². The molecule has 0 aliphatic carbocycles. The van der Waals surface area contributed by atoms with E-state index in [-0.39, 0.29) is 24.1 Å². The van der Waals surface area contributed by atoms with E-state index >= 15 is 0 Å². The van der Waals surface area contributed by atoms with Gasteiger partial charge < -0.3 is 5.73 Å². The summed E-state index contributed by atoms with van der Waals surface area (Å²) in [7, 11) is 0. The molecule has 1 atom stereocenters. The van der Waals surface area contributed by atoms with E-state index in [9.17, 15) is 0 Å². The molecule has 8 heteroatoms. The van der Waals surface area contributed by atoms with E-state index in [1.54, 1.807) is 6.92 Å². The highest BCUT2D eigenvalue weighted by molar-refractivity contribution is 5.85. The van der Waals surface area contributed by atoms with Crippen molar-refractivity contribution in [2.75, 3.05) is 0 Å². The van der Waals surface area contributed by atoms with Crippen LogP contribution in [0.1, 0.15) is 24.5 Å². The van der Waals surface area contributed by atoms with Gasteiger partial charge in [0, 0.05) is 6.20 Å². The Hall–Kier alpha value is -2.04. The summed E-state index contributed by atoms with van der Waals surface area (Å²) in [4.78, 5) is 12.0. The van der Waals surface area contributed by atoms with Gasteiger partial charge in [-0.25, -0.2) is 15.0 Å². The fraction of sp³-hybridized carbons (Fsp3) is 0.222. The summed E-state index contributed by atoms with van der Waals surface area (Å²) in [5, 5.41) is 12.7. The third-order valence-electron chi connectivity index (χ3n) is 1.93. The lowest BCUT2D eigenvalue weighted by atomic mass is 10.3. The third kappa shape index (κ3) is 2.55. The first-order valence-electron chi connectivity index (χ1n) is 4.61. The van der Waals surface area contributed by atoms with Crippen LogP contribution in [-0.4, -0.2) is 24.7 Å². The largest absolute Gasteiger partial charge is 0.322 e. The minimum Gasteiger partial charge on any atom is -0.322 e. The van der Waals surface area contributed by atoms with Crippen LogP contribution in [0, 0.1) is 11.3 Å². The molecule has 0 aliphatic rings. The summed E-state index contributed by atoms with van der Waals surface area (Å²) >= 11 is 0. The van der Waals surface area contributed by atoms with Crippen LogP contribution in [-0.2, 0) is 0 Å². The highest BCUT2D eigenvalue weighted by Gasteiger charge is 2.12. The molecule has 0 radical (unpaired) electrons. The summed E-state index contributed by atoms with van der Waals surface area (Å²) in [6.07, 6.45) is 2.87. The van der Waals surface area contributed by atoms with Crippen LogP contribution in [0.25, 0.3) is 5.95 Å². The van der Waals surface area contributed by atoms with Crippen molar-refractivity contribution in [1.82, 2.24) is 24.7 Å². The SMILES string of the molecule is CC(N)c1ncnn1-c1nccc(C#N)n1.Cl. The summed E-state index contributed by atoms with van der Waals surface area (Å²) in [6, 6.07) is 3.17. The molecule has 0 spiro atoms. The number of aromatic nitrogens is 5. The van der Waals surface area contributed by atoms with Crippen molar-refractivity contribution in [3.05, 3.63) is 30.1 Å². The first-order valence-corrected chi connectivity index (χ1v) is 4.61. The van der Waals surface area contributed by atoms with E-state index in [4.69, 9.17) is 11.0 Å². The average Bonchev–Trinajstić information content (AvgIpc) is 2.78. The molecule has 0 aliphatic heterocycles. The molecule has 88 valence electrons. The minimum atomic E-state index is -0.281. The summed E-state index contributed by atoms with van der Waals surface area (Å²) in [5.74, 6) is 0.846. The summed E-state index contributed by atoms with van der Waals surface area (Å²) in [5.41, 5.74) is 6.00. The Labute approximate surface area is 104 Å². The molecule has 0 bridgehead atoms. The number of halogens is 1. The van der Waals surface area contributed by atoms with Gasteiger partial charge in [0.1, 0.15) is 18.1 Å². The Kier molecular flexibility index (Phi) is 4.09. The topological polar surface area (TPSA) is 106 Å². The van der Waals surface area contributed by atoms with Gasteiger partial charge in [0.25, 0.3) is 5.95 Å². The fourth-order valence-corrected chi connectivity index (χ4v) is 1.23. The molecule has 2 aromatic heterocycles. The summed E-state index contributed by atoms with van der Waals surface area (Å²) < 4.78 is 1.42. The van der Waals surface area contributed by atoms with Gasteiger partial charge in [0.05, 0.1) is 6.04 Å². The van der Waals surface area contributed by atoms with E-state index in [0.717, 1.165) is 0 Å². The van der Waals surface area contributed by atoms with Crippen molar-refractivity contribution in [2.45, 2.75) is 13.0 Å². The Morgan fingerprint density at radius 1 is 1.47 bits per heavy atom. The second kappa shape index (κ2) is 5.34. The number of hydrogen-bond acceptors (Lipinski definition) is 6. The van der Waals surface area contributed by atoms with Gasteiger partial charge in [-0.15, -0.1) is 12.4 Å². The van der Waals surface area contributed by atoms with Crippen LogP contribution in [0.3, 0.4) is 0 Å². The average molecular weight is 252 g/mol. The van der Waals surface area contributed by atoms with E-state index in [2.05, 4.69) is 20.1 Å². The fourth-order valence-electron chi connectivity index (χ4n) is 1.23. The third-order valence-corrected chi connectivity index (χ3v) is 1.93. The van der Waals surface area contributed by atoms with Gasteiger partial charge in [-0.3, -0.25) is 0 Å². The van der Waals surface area contributed by atoms with Crippen LogP contribution in [0.4, 0.5) is 0 Å². The maximum atomic E-state index is 8.73. The van der Waals surface area contributed by atoms with Crippen LogP contribution in [0.5, 0.6) is 0 Å². The molecule has 0 fully saturated rings. The number of nitrogens with two attached hydrogens (primary N) is 1. The molecule has 7 nitrogen and oxygen atoms in total. The Balaban J connectivity index is 0.00000144. The van der Waals surface area contributed by atoms with Crippen LogP contribution in [0.2, 0.25) is 0 Å². The number of nitrogens with zero attached hydrogens (tertiary/aromatic N) is 6. The molecule has 2 rings (SSSR count). The van der Waals surface area contributed by atoms with Crippen molar-refractivity contribution in [3.8, 4) is 12.0 Å². The molecule has 17 heavy (non-hydrogen) atoms. The van der Waals surface area contributed by atoms with E-state index in [1.165, 1.54) is 23.3 Å². The molecule has 0 saturated heterocycles. The Morgan fingerprint density at radius 2 is 2.24 bits per heavy atom.